The van der Waals surface area contributed by atoms with Gasteiger partial charge in [-0.25, -0.2) is 0 Å². The van der Waals surface area contributed by atoms with Gasteiger partial charge in [-0.1, -0.05) is 39.4 Å². The van der Waals surface area contributed by atoms with Gasteiger partial charge in [0.2, 0.25) is 0 Å². The molecule has 0 bridgehead atoms. The summed E-state index contributed by atoms with van der Waals surface area (Å²) in [5.41, 5.74) is 1.15. The molecule has 0 heterocycles. The van der Waals surface area contributed by atoms with Crippen LogP contribution in [0.5, 0.6) is 0 Å². The number of hydrogen-bond donors (Lipinski definition) is 0. The molecule has 0 N–H and O–H groups in total. The zero-order valence-corrected chi connectivity index (χ0v) is 8.73. The monoisotopic (exact) mass is 184 g/mol. The molecule has 0 saturated heterocycles. The molecular weight excluding hydrogens is 168 g/mol. The summed E-state index contributed by atoms with van der Waals surface area (Å²) < 4.78 is 12.0. The van der Waals surface area contributed by atoms with Crippen molar-refractivity contribution in [3.63, 3.8) is 0 Å². The van der Waals surface area contributed by atoms with Crippen molar-refractivity contribution >= 4 is 9.07 Å². The second-order valence-electron chi connectivity index (χ2n) is 4.34. The van der Waals surface area contributed by atoms with Crippen LogP contribution in [0.2, 0.25) is 0 Å². The van der Waals surface area contributed by atoms with Crippen LogP contribution in [0.1, 0.15) is 5.56 Å². The highest BCUT2D eigenvalue weighted by atomic mass is 32.3. The Balaban J connectivity index is 2.86. The smallest absolute Gasteiger partial charge is 0.0280 e. The van der Waals surface area contributed by atoms with Gasteiger partial charge >= 0.3 is 0 Å². The Morgan fingerprint density at radius 3 is 2.00 bits per heavy atom. The first-order valence-corrected chi connectivity index (χ1v) is 7.30. The van der Waals surface area contributed by atoms with Crippen molar-refractivity contribution in [1.29, 1.82) is 0 Å². The first-order valence-electron chi connectivity index (χ1n) is 3.94. The summed E-state index contributed by atoms with van der Waals surface area (Å²) in [5.74, 6) is 0.679. The van der Waals surface area contributed by atoms with Crippen LogP contribution in [0, 0.1) is 0 Å². The highest BCUT2D eigenvalue weighted by Crippen LogP contribution is 2.19. The van der Waals surface area contributed by atoms with Gasteiger partial charge in [-0.2, -0.15) is 0 Å². The molecule has 0 aliphatic heterocycles. The van der Waals surface area contributed by atoms with Crippen molar-refractivity contribution < 1.29 is 4.21 Å². The van der Waals surface area contributed by atoms with Crippen molar-refractivity contribution in [2.24, 2.45) is 0 Å². The minimum atomic E-state index is -2.37. The standard InChI is InChI=1S/C10H16OS/c1-12(2,3,11)9-10-7-5-4-6-8-10/h4-8H,9H2,1-3H3. The quantitative estimate of drug-likeness (QED) is 0.686. The van der Waals surface area contributed by atoms with Gasteiger partial charge in [0.25, 0.3) is 0 Å². The van der Waals surface area contributed by atoms with E-state index in [0.29, 0.717) is 5.75 Å². The summed E-state index contributed by atoms with van der Waals surface area (Å²) in [6, 6.07) is 9.97. The van der Waals surface area contributed by atoms with Gasteiger partial charge in [0.15, 0.2) is 0 Å². The van der Waals surface area contributed by atoms with E-state index < -0.39 is 9.07 Å². The maximum absolute atomic E-state index is 12.0. The summed E-state index contributed by atoms with van der Waals surface area (Å²) in [6.45, 7) is 0. The van der Waals surface area contributed by atoms with E-state index in [-0.39, 0.29) is 0 Å². The van der Waals surface area contributed by atoms with Crippen LogP contribution in [0.15, 0.2) is 30.3 Å². The molecule has 0 radical (unpaired) electrons. The van der Waals surface area contributed by atoms with Gasteiger partial charge < -0.3 is 0 Å². The molecule has 12 heavy (non-hydrogen) atoms. The molecule has 1 aromatic carbocycles. The van der Waals surface area contributed by atoms with Crippen LogP contribution >= 0.6 is 0 Å². The molecule has 0 spiro atoms. The number of hydrogen-bond acceptors (Lipinski definition) is 1. The Labute approximate surface area is 74.2 Å². The number of benzene rings is 1. The molecule has 0 unspecified atom stereocenters. The van der Waals surface area contributed by atoms with E-state index in [1.807, 2.05) is 49.1 Å². The summed E-state index contributed by atoms with van der Waals surface area (Å²) >= 11 is 0. The lowest BCUT2D eigenvalue weighted by molar-refractivity contribution is 0.668. The molecule has 0 atom stereocenters. The fourth-order valence-electron chi connectivity index (χ4n) is 1.14. The maximum Gasteiger partial charge on any atom is 0.0280 e. The Morgan fingerprint density at radius 2 is 1.58 bits per heavy atom. The van der Waals surface area contributed by atoms with Gasteiger partial charge in [-0.05, 0) is 24.3 Å². The second kappa shape index (κ2) is 2.70. The van der Waals surface area contributed by atoms with Gasteiger partial charge in [0.1, 0.15) is 0 Å². The Morgan fingerprint density at radius 1 is 1.08 bits per heavy atom. The summed E-state index contributed by atoms with van der Waals surface area (Å²) in [6.07, 6.45) is 5.51. The average molecular weight is 184 g/mol. The van der Waals surface area contributed by atoms with Crippen LogP contribution in [0.25, 0.3) is 0 Å². The summed E-state index contributed by atoms with van der Waals surface area (Å²) in [4.78, 5) is 0. The summed E-state index contributed by atoms with van der Waals surface area (Å²) in [5, 5.41) is 0. The van der Waals surface area contributed by atoms with Crippen LogP contribution < -0.4 is 0 Å². The third kappa shape index (κ3) is 3.67. The Hall–Kier alpha value is -0.630. The zero-order chi connectivity index (χ0) is 9.27. The van der Waals surface area contributed by atoms with Gasteiger partial charge in [0.05, 0.1) is 0 Å². The largest absolute Gasteiger partial charge is 0.282 e. The number of rotatable bonds is 2. The topological polar surface area (TPSA) is 17.1 Å². The zero-order valence-electron chi connectivity index (χ0n) is 7.91. The molecule has 0 amide bonds. The SMILES string of the molecule is CS(C)(C)(=O)Cc1ccccc1. The molecule has 1 aromatic rings. The normalized spacial score (nSPS) is 15.1. The minimum Gasteiger partial charge on any atom is -0.282 e. The molecule has 1 nitrogen and oxygen atoms in total. The van der Waals surface area contributed by atoms with E-state index in [9.17, 15) is 4.21 Å². The summed E-state index contributed by atoms with van der Waals surface area (Å²) in [7, 11) is -2.37. The van der Waals surface area contributed by atoms with Crippen LogP contribution in [0.3, 0.4) is 0 Å². The maximum atomic E-state index is 12.0. The van der Waals surface area contributed by atoms with Crippen molar-refractivity contribution in [1.82, 2.24) is 0 Å². The molecule has 68 valence electrons. The Kier molecular flexibility index (Phi) is 2.13. The lowest BCUT2D eigenvalue weighted by Crippen LogP contribution is -2.29. The van der Waals surface area contributed by atoms with Crippen LogP contribution in [-0.4, -0.2) is 23.0 Å². The molecule has 0 aliphatic carbocycles. The van der Waals surface area contributed by atoms with Crippen molar-refractivity contribution in [2.45, 2.75) is 5.75 Å². The predicted octanol–water partition coefficient (Wildman–Crippen LogP) is 1.90. The molecule has 0 saturated carbocycles. The highest BCUT2D eigenvalue weighted by Gasteiger charge is 2.17. The van der Waals surface area contributed by atoms with E-state index >= 15 is 0 Å². The minimum absolute atomic E-state index is 0.679. The lowest BCUT2D eigenvalue weighted by atomic mass is 10.2. The molecule has 0 aliphatic rings. The second-order valence-corrected chi connectivity index (χ2v) is 10.0. The van der Waals surface area contributed by atoms with E-state index in [1.165, 1.54) is 0 Å². The predicted molar refractivity (Wildman–Crippen MR) is 56.1 cm³/mol. The van der Waals surface area contributed by atoms with Gasteiger partial charge in [-0.3, -0.25) is 4.21 Å². The molecular formula is C10H16OS. The van der Waals surface area contributed by atoms with Crippen LogP contribution in [0.4, 0.5) is 0 Å². The molecule has 1 rings (SSSR count). The Bertz CT molecular complexity index is 310. The van der Waals surface area contributed by atoms with Crippen molar-refractivity contribution in [3.8, 4) is 0 Å². The fourth-order valence-corrected chi connectivity index (χ4v) is 2.47. The molecule has 0 fully saturated rings. The molecule has 2 heteroatoms. The lowest BCUT2D eigenvalue weighted by Gasteiger charge is -2.28. The average Bonchev–Trinajstić information content (AvgIpc) is 1.83. The van der Waals surface area contributed by atoms with Crippen LogP contribution in [-0.2, 0) is 14.8 Å². The molecule has 0 aromatic heterocycles. The third-order valence-corrected chi connectivity index (χ3v) is 2.82. The van der Waals surface area contributed by atoms with E-state index in [2.05, 4.69) is 0 Å². The third-order valence-electron chi connectivity index (χ3n) is 1.50. The van der Waals surface area contributed by atoms with Crippen molar-refractivity contribution in [2.75, 3.05) is 18.8 Å². The van der Waals surface area contributed by atoms with Gasteiger partial charge in [0, 0.05) is 5.75 Å². The fraction of sp³-hybridized carbons (Fsp3) is 0.400. The highest BCUT2D eigenvalue weighted by molar-refractivity contribution is 8.17. The first kappa shape index (κ1) is 9.46. The van der Waals surface area contributed by atoms with E-state index in [1.54, 1.807) is 0 Å². The van der Waals surface area contributed by atoms with E-state index in [4.69, 9.17) is 0 Å². The van der Waals surface area contributed by atoms with Crippen molar-refractivity contribution in [3.05, 3.63) is 35.9 Å². The van der Waals surface area contributed by atoms with Gasteiger partial charge in [-0.15, -0.1) is 0 Å². The van der Waals surface area contributed by atoms with E-state index in [0.717, 1.165) is 5.56 Å². The first-order chi connectivity index (χ1) is 5.33.